The highest BCUT2D eigenvalue weighted by atomic mass is 79.9. The average Bonchev–Trinajstić information content (AvgIpc) is 2.42. The molecule has 1 saturated heterocycles. The van der Waals surface area contributed by atoms with Crippen molar-refractivity contribution in [1.29, 1.82) is 0 Å². The zero-order valence-corrected chi connectivity index (χ0v) is 12.9. The van der Waals surface area contributed by atoms with Gasteiger partial charge in [-0.2, -0.15) is 0 Å². The van der Waals surface area contributed by atoms with Gasteiger partial charge in [-0.05, 0) is 62.0 Å². The number of halogens is 1. The summed E-state index contributed by atoms with van der Waals surface area (Å²) in [5.41, 5.74) is 2.11. The van der Waals surface area contributed by atoms with Gasteiger partial charge in [0.1, 0.15) is 0 Å². The van der Waals surface area contributed by atoms with E-state index in [1.54, 1.807) is 0 Å². The Morgan fingerprint density at radius 2 is 2.37 bits per heavy atom. The normalized spacial score (nSPS) is 19.2. The summed E-state index contributed by atoms with van der Waals surface area (Å²) in [6.45, 7) is 4.15. The summed E-state index contributed by atoms with van der Waals surface area (Å²) in [4.78, 5) is 12.1. The molecule has 0 radical (unpaired) electrons. The molecule has 1 aliphatic rings. The number of carbonyl (C=O) groups excluding carboxylic acids is 1. The Kier molecular flexibility index (Phi) is 5.40. The number of carbonyl (C=O) groups is 1. The third-order valence-electron chi connectivity index (χ3n) is 3.60. The van der Waals surface area contributed by atoms with Gasteiger partial charge in [0, 0.05) is 16.6 Å². The first-order chi connectivity index (χ1) is 9.19. The van der Waals surface area contributed by atoms with Crippen LogP contribution < -0.4 is 10.6 Å². The number of hydrogen-bond donors (Lipinski definition) is 2. The summed E-state index contributed by atoms with van der Waals surface area (Å²) in [5, 5.41) is 6.40. The lowest BCUT2D eigenvalue weighted by Crippen LogP contribution is -2.32. The molecule has 19 heavy (non-hydrogen) atoms. The summed E-state index contributed by atoms with van der Waals surface area (Å²) >= 11 is 3.46. The molecule has 1 unspecified atom stereocenters. The minimum absolute atomic E-state index is 0.130. The van der Waals surface area contributed by atoms with Gasteiger partial charge < -0.3 is 10.6 Å². The zero-order valence-electron chi connectivity index (χ0n) is 11.3. The highest BCUT2D eigenvalue weighted by molar-refractivity contribution is 9.10. The van der Waals surface area contributed by atoms with E-state index < -0.39 is 0 Å². The van der Waals surface area contributed by atoms with Gasteiger partial charge in [0.15, 0.2) is 0 Å². The molecule has 1 fully saturated rings. The fourth-order valence-electron chi connectivity index (χ4n) is 2.54. The monoisotopic (exact) mass is 324 g/mol. The predicted molar refractivity (Wildman–Crippen MR) is 82.4 cm³/mol. The van der Waals surface area contributed by atoms with E-state index in [0.29, 0.717) is 12.3 Å². The Balaban J connectivity index is 1.94. The molecule has 1 atom stereocenters. The van der Waals surface area contributed by atoms with Crippen molar-refractivity contribution in [3.05, 3.63) is 28.2 Å². The van der Waals surface area contributed by atoms with Gasteiger partial charge in [-0.3, -0.25) is 4.79 Å². The van der Waals surface area contributed by atoms with Crippen LogP contribution in [-0.2, 0) is 11.2 Å². The lowest BCUT2D eigenvalue weighted by molar-refractivity contribution is -0.117. The van der Waals surface area contributed by atoms with Gasteiger partial charge >= 0.3 is 0 Å². The van der Waals surface area contributed by atoms with Crippen LogP contribution in [0.3, 0.4) is 0 Å². The molecular weight excluding hydrogens is 304 g/mol. The third-order valence-corrected chi connectivity index (χ3v) is 4.09. The van der Waals surface area contributed by atoms with E-state index in [0.717, 1.165) is 36.1 Å². The summed E-state index contributed by atoms with van der Waals surface area (Å²) in [5.74, 6) is 0.611. The predicted octanol–water partition coefficient (Wildman–Crippen LogP) is 3.34. The molecule has 1 aromatic carbocycles. The lowest BCUT2D eigenvalue weighted by Gasteiger charge is -2.22. The van der Waals surface area contributed by atoms with E-state index in [2.05, 4.69) is 39.6 Å². The second-order valence-corrected chi connectivity index (χ2v) is 6.04. The second-order valence-electron chi connectivity index (χ2n) is 5.12. The SMILES string of the molecule is CCc1cc(Br)ccc1NC(=O)CC1CCCNC1. The first kappa shape index (κ1) is 14.5. The number of rotatable bonds is 4. The summed E-state index contributed by atoms with van der Waals surface area (Å²) in [6.07, 6.45) is 3.87. The Morgan fingerprint density at radius 3 is 3.05 bits per heavy atom. The number of benzene rings is 1. The van der Waals surface area contributed by atoms with Crippen LogP contribution in [0.2, 0.25) is 0 Å². The highest BCUT2D eigenvalue weighted by Gasteiger charge is 2.17. The van der Waals surface area contributed by atoms with Gasteiger partial charge in [-0.25, -0.2) is 0 Å². The van der Waals surface area contributed by atoms with Crippen LogP contribution in [0.5, 0.6) is 0 Å². The van der Waals surface area contributed by atoms with Crippen molar-refractivity contribution < 1.29 is 4.79 Å². The number of anilines is 1. The van der Waals surface area contributed by atoms with Crippen LogP contribution in [0.4, 0.5) is 5.69 Å². The molecule has 0 saturated carbocycles. The van der Waals surface area contributed by atoms with Crippen LogP contribution in [-0.4, -0.2) is 19.0 Å². The molecule has 1 amide bonds. The minimum atomic E-state index is 0.130. The van der Waals surface area contributed by atoms with Crippen molar-refractivity contribution in [3.8, 4) is 0 Å². The average molecular weight is 325 g/mol. The fraction of sp³-hybridized carbons (Fsp3) is 0.533. The van der Waals surface area contributed by atoms with Crippen LogP contribution in [0, 0.1) is 5.92 Å². The van der Waals surface area contributed by atoms with Gasteiger partial charge in [0.05, 0.1) is 0 Å². The minimum Gasteiger partial charge on any atom is -0.326 e. The number of piperidine rings is 1. The summed E-state index contributed by atoms with van der Waals surface area (Å²) in [7, 11) is 0. The Bertz CT molecular complexity index is 442. The van der Waals surface area contributed by atoms with Crippen molar-refractivity contribution >= 4 is 27.5 Å². The van der Waals surface area contributed by atoms with Crippen molar-refractivity contribution in [3.63, 3.8) is 0 Å². The quantitative estimate of drug-likeness (QED) is 0.891. The molecule has 3 nitrogen and oxygen atoms in total. The van der Waals surface area contributed by atoms with E-state index in [1.807, 2.05) is 12.1 Å². The fourth-order valence-corrected chi connectivity index (χ4v) is 2.95. The highest BCUT2D eigenvalue weighted by Crippen LogP contribution is 2.22. The number of aryl methyl sites for hydroxylation is 1. The maximum absolute atomic E-state index is 12.1. The lowest BCUT2D eigenvalue weighted by atomic mass is 9.96. The van der Waals surface area contributed by atoms with E-state index in [4.69, 9.17) is 0 Å². The first-order valence-corrected chi connectivity index (χ1v) is 7.77. The Labute approximate surface area is 123 Å². The van der Waals surface area contributed by atoms with Gasteiger partial charge in [-0.15, -0.1) is 0 Å². The molecular formula is C15H21BrN2O. The van der Waals surface area contributed by atoms with Gasteiger partial charge in [0.25, 0.3) is 0 Å². The maximum Gasteiger partial charge on any atom is 0.224 e. The van der Waals surface area contributed by atoms with Crippen LogP contribution in [0.15, 0.2) is 22.7 Å². The molecule has 1 heterocycles. The largest absolute Gasteiger partial charge is 0.326 e. The molecule has 104 valence electrons. The molecule has 2 N–H and O–H groups in total. The summed E-state index contributed by atoms with van der Waals surface area (Å²) < 4.78 is 1.05. The van der Waals surface area contributed by atoms with Crippen molar-refractivity contribution in [2.24, 2.45) is 5.92 Å². The molecule has 0 bridgehead atoms. The van der Waals surface area contributed by atoms with E-state index >= 15 is 0 Å². The number of nitrogens with one attached hydrogen (secondary N) is 2. The molecule has 4 heteroatoms. The number of hydrogen-bond acceptors (Lipinski definition) is 2. The van der Waals surface area contributed by atoms with Crippen molar-refractivity contribution in [2.45, 2.75) is 32.6 Å². The maximum atomic E-state index is 12.1. The molecule has 2 rings (SSSR count). The molecule has 1 aliphatic heterocycles. The molecule has 1 aromatic rings. The first-order valence-electron chi connectivity index (χ1n) is 6.98. The standard InChI is InChI=1S/C15H21BrN2O/c1-2-12-9-13(16)5-6-14(12)18-15(19)8-11-4-3-7-17-10-11/h5-6,9,11,17H,2-4,7-8,10H2,1H3,(H,18,19). The second kappa shape index (κ2) is 7.06. The smallest absolute Gasteiger partial charge is 0.224 e. The van der Waals surface area contributed by atoms with Crippen molar-refractivity contribution in [2.75, 3.05) is 18.4 Å². The van der Waals surface area contributed by atoms with E-state index in [1.165, 1.54) is 12.0 Å². The molecule has 0 aliphatic carbocycles. The molecule has 0 aromatic heterocycles. The Morgan fingerprint density at radius 1 is 1.53 bits per heavy atom. The summed E-state index contributed by atoms with van der Waals surface area (Å²) in [6, 6.07) is 6.01. The van der Waals surface area contributed by atoms with Crippen LogP contribution in [0.25, 0.3) is 0 Å². The topological polar surface area (TPSA) is 41.1 Å². The van der Waals surface area contributed by atoms with Crippen molar-refractivity contribution in [1.82, 2.24) is 5.32 Å². The van der Waals surface area contributed by atoms with Crippen LogP contribution in [0.1, 0.15) is 31.7 Å². The third kappa shape index (κ3) is 4.32. The zero-order chi connectivity index (χ0) is 13.7. The molecule has 0 spiro atoms. The Hall–Kier alpha value is -0.870. The number of amides is 1. The van der Waals surface area contributed by atoms with Gasteiger partial charge in [-0.1, -0.05) is 22.9 Å². The van der Waals surface area contributed by atoms with E-state index in [9.17, 15) is 4.79 Å². The van der Waals surface area contributed by atoms with Gasteiger partial charge in [0.2, 0.25) is 5.91 Å². The van der Waals surface area contributed by atoms with Crippen LogP contribution >= 0.6 is 15.9 Å². The van der Waals surface area contributed by atoms with E-state index in [-0.39, 0.29) is 5.91 Å².